The minimum absolute atomic E-state index is 0. The largest absolute Gasteiger partial charge is 0.356 e. The zero-order valence-electron chi connectivity index (χ0n) is 18.6. The molecule has 0 bridgehead atoms. The molecule has 3 rings (SSSR count). The first-order chi connectivity index (χ1) is 14.1. The van der Waals surface area contributed by atoms with Gasteiger partial charge in [0.25, 0.3) is 0 Å². The first kappa shape index (κ1) is 24.9. The van der Waals surface area contributed by atoms with Crippen LogP contribution in [0, 0.1) is 5.92 Å². The van der Waals surface area contributed by atoms with Crippen LogP contribution in [0.4, 0.5) is 0 Å². The van der Waals surface area contributed by atoms with Crippen LogP contribution in [0.3, 0.4) is 0 Å². The average molecular weight is 527 g/mol. The first-order valence-corrected chi connectivity index (χ1v) is 11.1. The minimum atomic E-state index is 0. The molecule has 0 aromatic heterocycles. The van der Waals surface area contributed by atoms with Crippen molar-refractivity contribution in [2.24, 2.45) is 10.9 Å². The van der Waals surface area contributed by atoms with E-state index in [0.29, 0.717) is 5.92 Å². The molecule has 1 aromatic rings. The van der Waals surface area contributed by atoms with Gasteiger partial charge in [0.05, 0.1) is 0 Å². The topological polar surface area (TPSA) is 51.2 Å². The molecular weight excluding hydrogens is 489 g/mol. The zero-order valence-corrected chi connectivity index (χ0v) is 20.9. The molecule has 0 aliphatic carbocycles. The highest BCUT2D eigenvalue weighted by Gasteiger charge is 2.27. The van der Waals surface area contributed by atoms with Crippen LogP contribution < -0.4 is 5.32 Å². The number of carbonyl (C=O) groups is 1. The molecule has 168 valence electrons. The number of carbonyl (C=O) groups excluding carboxylic acids is 1. The molecule has 2 aliphatic rings. The number of hydrogen-bond acceptors (Lipinski definition) is 3. The van der Waals surface area contributed by atoms with Crippen molar-refractivity contribution in [1.29, 1.82) is 0 Å². The van der Waals surface area contributed by atoms with Crippen molar-refractivity contribution in [2.75, 3.05) is 59.9 Å². The van der Waals surface area contributed by atoms with Gasteiger partial charge in [0.1, 0.15) is 6.54 Å². The second kappa shape index (κ2) is 13.1. The van der Waals surface area contributed by atoms with E-state index in [0.717, 1.165) is 32.0 Å². The lowest BCUT2D eigenvalue weighted by molar-refractivity contribution is -0.127. The summed E-state index contributed by atoms with van der Waals surface area (Å²) in [7, 11) is 3.57. The Bertz CT molecular complexity index is 661. The lowest BCUT2D eigenvalue weighted by Gasteiger charge is -2.29. The van der Waals surface area contributed by atoms with E-state index in [-0.39, 0.29) is 36.4 Å². The number of aliphatic imine (C=N–C) groups is 1. The van der Waals surface area contributed by atoms with Crippen LogP contribution >= 0.6 is 24.0 Å². The molecule has 0 saturated carbocycles. The molecule has 1 atom stereocenters. The molecule has 1 amide bonds. The molecular formula is C23H38IN5O. The fourth-order valence-corrected chi connectivity index (χ4v) is 4.20. The number of piperidine rings is 1. The molecule has 6 nitrogen and oxygen atoms in total. The smallest absolute Gasteiger partial charge is 0.243 e. The first-order valence-electron chi connectivity index (χ1n) is 11.1. The molecule has 30 heavy (non-hydrogen) atoms. The van der Waals surface area contributed by atoms with E-state index in [1.807, 2.05) is 6.07 Å². The normalized spacial score (nSPS) is 20.0. The van der Waals surface area contributed by atoms with Crippen molar-refractivity contribution in [3.8, 4) is 0 Å². The van der Waals surface area contributed by atoms with Crippen LogP contribution in [0.2, 0.25) is 0 Å². The third-order valence-corrected chi connectivity index (χ3v) is 5.95. The van der Waals surface area contributed by atoms with E-state index < -0.39 is 0 Å². The summed E-state index contributed by atoms with van der Waals surface area (Å²) in [5.74, 6) is 1.62. The number of halogens is 1. The molecule has 0 radical (unpaired) electrons. The third-order valence-electron chi connectivity index (χ3n) is 5.95. The molecule has 2 heterocycles. The standard InChI is InChI=1S/C23H37N5O.HI/c1-26(2)22(29)17-25-23(24-13-11-20-9-5-3-6-10-20)28-16-12-21(19-28)18-27-14-7-4-8-15-27;/h3,5-6,9-10,21H,4,7-8,11-19H2,1-2H3,(H,24,25);1H. The predicted molar refractivity (Wildman–Crippen MR) is 135 cm³/mol. The number of nitrogens with zero attached hydrogens (tertiary/aromatic N) is 4. The van der Waals surface area contributed by atoms with Crippen LogP contribution in [0.1, 0.15) is 31.2 Å². The lowest BCUT2D eigenvalue weighted by Crippen LogP contribution is -2.42. The lowest BCUT2D eigenvalue weighted by atomic mass is 10.1. The highest BCUT2D eigenvalue weighted by atomic mass is 127. The van der Waals surface area contributed by atoms with Gasteiger partial charge in [0.2, 0.25) is 5.91 Å². The fourth-order valence-electron chi connectivity index (χ4n) is 4.20. The molecule has 1 aromatic carbocycles. The molecule has 1 unspecified atom stereocenters. The highest BCUT2D eigenvalue weighted by molar-refractivity contribution is 14.0. The van der Waals surface area contributed by atoms with Crippen LogP contribution in [-0.4, -0.2) is 86.5 Å². The van der Waals surface area contributed by atoms with Crippen molar-refractivity contribution >= 4 is 35.8 Å². The summed E-state index contributed by atoms with van der Waals surface area (Å²) in [5, 5.41) is 3.52. The van der Waals surface area contributed by atoms with Crippen molar-refractivity contribution in [1.82, 2.24) is 20.0 Å². The zero-order chi connectivity index (χ0) is 20.5. The molecule has 7 heteroatoms. The van der Waals surface area contributed by atoms with Crippen molar-refractivity contribution in [3.63, 3.8) is 0 Å². The Morgan fingerprint density at radius 1 is 1.13 bits per heavy atom. The molecule has 0 spiro atoms. The van der Waals surface area contributed by atoms with E-state index in [2.05, 4.69) is 44.4 Å². The summed E-state index contributed by atoms with van der Waals surface area (Å²) in [6.45, 7) is 6.79. The van der Waals surface area contributed by atoms with E-state index >= 15 is 0 Å². The van der Waals surface area contributed by atoms with Gasteiger partial charge < -0.3 is 20.0 Å². The van der Waals surface area contributed by atoms with Crippen LogP contribution in [0.15, 0.2) is 35.3 Å². The number of benzene rings is 1. The molecule has 2 saturated heterocycles. The van der Waals surface area contributed by atoms with Gasteiger partial charge in [-0.3, -0.25) is 4.79 Å². The summed E-state index contributed by atoms with van der Waals surface area (Å²) in [5.41, 5.74) is 1.31. The Balaban J connectivity index is 0.00000320. The van der Waals surface area contributed by atoms with E-state index in [1.54, 1.807) is 19.0 Å². The van der Waals surface area contributed by atoms with Crippen molar-refractivity contribution < 1.29 is 4.79 Å². The Hall–Kier alpha value is -1.35. The Morgan fingerprint density at radius 2 is 1.87 bits per heavy atom. The number of likely N-dealkylation sites (N-methyl/N-ethyl adjacent to an activating group) is 1. The number of amides is 1. The Kier molecular flexibility index (Phi) is 10.9. The summed E-state index contributed by atoms with van der Waals surface area (Å²) in [6.07, 6.45) is 6.23. The fraction of sp³-hybridized carbons (Fsp3) is 0.652. The van der Waals surface area contributed by atoms with E-state index in [1.165, 1.54) is 50.9 Å². The monoisotopic (exact) mass is 527 g/mol. The van der Waals surface area contributed by atoms with Gasteiger partial charge in [0.15, 0.2) is 5.96 Å². The Labute approximate surface area is 199 Å². The summed E-state index contributed by atoms with van der Waals surface area (Å²) >= 11 is 0. The second-order valence-electron chi connectivity index (χ2n) is 8.55. The van der Waals surface area contributed by atoms with Gasteiger partial charge in [-0.2, -0.15) is 0 Å². The summed E-state index contributed by atoms with van der Waals surface area (Å²) < 4.78 is 0. The summed E-state index contributed by atoms with van der Waals surface area (Å²) in [6, 6.07) is 10.5. The number of nitrogens with one attached hydrogen (secondary N) is 1. The maximum Gasteiger partial charge on any atom is 0.243 e. The average Bonchev–Trinajstić information content (AvgIpc) is 3.20. The van der Waals surface area contributed by atoms with Gasteiger partial charge in [-0.15, -0.1) is 24.0 Å². The number of hydrogen-bond donors (Lipinski definition) is 1. The number of guanidine groups is 1. The second-order valence-corrected chi connectivity index (χ2v) is 8.55. The SMILES string of the molecule is CN(C)C(=O)CN=C(NCCc1ccccc1)N1CCC(CN2CCCCC2)C1.I. The summed E-state index contributed by atoms with van der Waals surface area (Å²) in [4.78, 5) is 23.3. The Morgan fingerprint density at radius 3 is 2.57 bits per heavy atom. The quantitative estimate of drug-likeness (QED) is 0.337. The number of rotatable bonds is 7. The van der Waals surface area contributed by atoms with Gasteiger partial charge in [-0.25, -0.2) is 4.99 Å². The van der Waals surface area contributed by atoms with Crippen molar-refractivity contribution in [2.45, 2.75) is 32.1 Å². The van der Waals surface area contributed by atoms with E-state index in [9.17, 15) is 4.79 Å². The maximum absolute atomic E-state index is 12.1. The highest BCUT2D eigenvalue weighted by Crippen LogP contribution is 2.20. The molecule has 2 fully saturated rings. The van der Waals surface area contributed by atoms with Crippen LogP contribution in [-0.2, 0) is 11.2 Å². The van der Waals surface area contributed by atoms with Gasteiger partial charge >= 0.3 is 0 Å². The van der Waals surface area contributed by atoms with Gasteiger partial charge in [0, 0.05) is 40.3 Å². The van der Waals surface area contributed by atoms with Crippen LogP contribution in [0.25, 0.3) is 0 Å². The van der Waals surface area contributed by atoms with Gasteiger partial charge in [-0.1, -0.05) is 36.8 Å². The van der Waals surface area contributed by atoms with Crippen LogP contribution in [0.5, 0.6) is 0 Å². The maximum atomic E-state index is 12.1. The third kappa shape index (κ3) is 8.06. The van der Waals surface area contributed by atoms with E-state index in [4.69, 9.17) is 0 Å². The number of likely N-dealkylation sites (tertiary alicyclic amines) is 2. The predicted octanol–water partition coefficient (Wildman–Crippen LogP) is 2.69. The van der Waals surface area contributed by atoms with Crippen molar-refractivity contribution in [3.05, 3.63) is 35.9 Å². The molecule has 1 N–H and O–H groups in total. The minimum Gasteiger partial charge on any atom is -0.356 e. The van der Waals surface area contributed by atoms with Gasteiger partial charge in [-0.05, 0) is 50.3 Å². The molecule has 2 aliphatic heterocycles.